The fourth-order valence-corrected chi connectivity index (χ4v) is 4.65. The van der Waals surface area contributed by atoms with Crippen LogP contribution in [-0.2, 0) is 22.4 Å². The van der Waals surface area contributed by atoms with Gasteiger partial charge in [-0.05, 0) is 56.9 Å². The molecule has 0 saturated carbocycles. The Morgan fingerprint density at radius 3 is 2.23 bits per heavy atom. The number of carbonyl (C=O) groups is 2. The van der Waals surface area contributed by atoms with Crippen molar-refractivity contribution in [3.05, 3.63) is 59.7 Å². The smallest absolute Gasteiger partial charge is 0.344 e. The molecule has 8 heteroatoms. The maximum Gasteiger partial charge on any atom is 0.344 e. The zero-order chi connectivity index (χ0) is 28.0. The summed E-state index contributed by atoms with van der Waals surface area (Å²) in [6.07, 6.45) is 6.67. The number of allylic oxidation sites excluding steroid dienone is 1. The molecule has 0 atom stereocenters. The lowest BCUT2D eigenvalue weighted by molar-refractivity contribution is -0.145. The molecule has 0 bridgehead atoms. The third kappa shape index (κ3) is 8.15. The topological polar surface area (TPSA) is 83.5 Å². The van der Waals surface area contributed by atoms with Crippen LogP contribution in [-0.4, -0.2) is 63.4 Å². The lowest BCUT2D eigenvalue weighted by atomic mass is 10.0. The first-order valence-corrected chi connectivity index (χ1v) is 13.8. The molecule has 1 aliphatic rings. The van der Waals surface area contributed by atoms with Gasteiger partial charge in [-0.2, -0.15) is 0 Å². The molecule has 2 aromatic carbocycles. The second kappa shape index (κ2) is 15.7. The van der Waals surface area contributed by atoms with Gasteiger partial charge < -0.3 is 28.6 Å². The van der Waals surface area contributed by atoms with E-state index in [2.05, 4.69) is 13.5 Å². The van der Waals surface area contributed by atoms with Gasteiger partial charge in [0.2, 0.25) is 0 Å². The largest absolute Gasteiger partial charge is 0.495 e. The van der Waals surface area contributed by atoms with E-state index in [0.717, 1.165) is 55.6 Å². The minimum absolute atomic E-state index is 0.00837. The van der Waals surface area contributed by atoms with Crippen molar-refractivity contribution in [2.75, 3.05) is 46.6 Å². The van der Waals surface area contributed by atoms with Gasteiger partial charge in [0.1, 0.15) is 23.0 Å². The van der Waals surface area contributed by atoms with Crippen LogP contribution in [0.3, 0.4) is 0 Å². The predicted molar refractivity (Wildman–Crippen MR) is 150 cm³/mol. The average Bonchev–Trinajstić information content (AvgIpc) is 3.48. The molecule has 0 N–H and O–H groups in total. The van der Waals surface area contributed by atoms with Gasteiger partial charge in [-0.15, -0.1) is 6.58 Å². The summed E-state index contributed by atoms with van der Waals surface area (Å²) in [4.78, 5) is 26.7. The average molecular weight is 540 g/mol. The van der Waals surface area contributed by atoms with Crippen LogP contribution in [0.4, 0.5) is 0 Å². The van der Waals surface area contributed by atoms with Gasteiger partial charge in [0, 0.05) is 30.6 Å². The van der Waals surface area contributed by atoms with E-state index >= 15 is 0 Å². The third-order valence-electron chi connectivity index (χ3n) is 6.44. The molecule has 3 rings (SSSR count). The van der Waals surface area contributed by atoms with Gasteiger partial charge in [0.15, 0.2) is 6.61 Å². The number of methoxy groups -OCH3 is 1. The van der Waals surface area contributed by atoms with Crippen LogP contribution in [0, 0.1) is 0 Å². The van der Waals surface area contributed by atoms with Gasteiger partial charge in [0.05, 0.1) is 32.5 Å². The van der Waals surface area contributed by atoms with Crippen LogP contribution < -0.4 is 18.9 Å². The first-order chi connectivity index (χ1) is 19.0. The van der Waals surface area contributed by atoms with Crippen LogP contribution in [0.1, 0.15) is 61.0 Å². The third-order valence-corrected chi connectivity index (χ3v) is 6.44. The Morgan fingerprint density at radius 1 is 0.949 bits per heavy atom. The van der Waals surface area contributed by atoms with Crippen LogP contribution in [0.25, 0.3) is 0 Å². The summed E-state index contributed by atoms with van der Waals surface area (Å²) in [5.74, 6) is 2.17. The van der Waals surface area contributed by atoms with Crippen molar-refractivity contribution >= 4 is 11.9 Å². The number of benzene rings is 2. The summed E-state index contributed by atoms with van der Waals surface area (Å²) in [6, 6.07) is 9.23. The number of nitrogens with zero attached hydrogens (tertiary/aromatic N) is 1. The van der Waals surface area contributed by atoms with Crippen molar-refractivity contribution in [3.8, 4) is 23.0 Å². The van der Waals surface area contributed by atoms with E-state index in [0.29, 0.717) is 55.5 Å². The number of likely N-dealkylation sites (tertiary alicyclic amines) is 1. The summed E-state index contributed by atoms with van der Waals surface area (Å²) in [6.45, 7) is 10.3. The zero-order valence-corrected chi connectivity index (χ0v) is 23.5. The second-order valence-corrected chi connectivity index (χ2v) is 9.24. The molecular weight excluding hydrogens is 498 g/mol. The highest BCUT2D eigenvalue weighted by Crippen LogP contribution is 2.35. The molecule has 1 amide bonds. The number of hydrogen-bond acceptors (Lipinski definition) is 7. The maximum absolute atomic E-state index is 13.1. The van der Waals surface area contributed by atoms with Gasteiger partial charge >= 0.3 is 5.97 Å². The predicted octanol–water partition coefficient (Wildman–Crippen LogP) is 5.40. The van der Waals surface area contributed by atoms with E-state index in [-0.39, 0.29) is 12.5 Å². The van der Waals surface area contributed by atoms with Crippen molar-refractivity contribution in [1.82, 2.24) is 4.90 Å². The highest BCUT2D eigenvalue weighted by atomic mass is 16.6. The van der Waals surface area contributed by atoms with Gasteiger partial charge in [0.25, 0.3) is 5.91 Å². The van der Waals surface area contributed by atoms with Crippen molar-refractivity contribution in [2.24, 2.45) is 0 Å². The Kier molecular flexibility index (Phi) is 12.0. The molecule has 1 saturated heterocycles. The van der Waals surface area contributed by atoms with E-state index in [1.165, 1.54) is 0 Å². The normalized spacial score (nSPS) is 12.6. The van der Waals surface area contributed by atoms with Crippen LogP contribution in [0.15, 0.2) is 43.0 Å². The van der Waals surface area contributed by atoms with Gasteiger partial charge in [-0.3, -0.25) is 4.79 Å². The minimum atomic E-state index is -0.399. The number of ether oxygens (including phenoxy) is 5. The number of rotatable bonds is 16. The van der Waals surface area contributed by atoms with Crippen LogP contribution >= 0.6 is 0 Å². The number of amides is 1. The Labute approximate surface area is 231 Å². The van der Waals surface area contributed by atoms with Crippen molar-refractivity contribution in [3.63, 3.8) is 0 Å². The Hall–Kier alpha value is -3.68. The molecule has 0 spiro atoms. The first-order valence-electron chi connectivity index (χ1n) is 13.8. The van der Waals surface area contributed by atoms with Crippen molar-refractivity contribution in [1.29, 1.82) is 0 Å². The van der Waals surface area contributed by atoms with Gasteiger partial charge in [-0.1, -0.05) is 25.5 Å². The molecule has 1 aliphatic heterocycles. The number of carbonyl (C=O) groups excluding carboxylic acids is 2. The fraction of sp³-hybridized carbons (Fsp3) is 0.484. The molecule has 1 heterocycles. The van der Waals surface area contributed by atoms with E-state index in [9.17, 15) is 9.59 Å². The summed E-state index contributed by atoms with van der Waals surface area (Å²) in [5.41, 5.74) is 2.30. The second-order valence-electron chi connectivity index (χ2n) is 9.24. The number of hydrogen-bond donors (Lipinski definition) is 0. The fourth-order valence-electron chi connectivity index (χ4n) is 4.65. The highest BCUT2D eigenvalue weighted by molar-refractivity contribution is 5.98. The Balaban J connectivity index is 1.62. The first kappa shape index (κ1) is 29.9. The molecule has 2 aromatic rings. The van der Waals surface area contributed by atoms with Gasteiger partial charge in [-0.25, -0.2) is 4.79 Å². The molecule has 0 aromatic heterocycles. The van der Waals surface area contributed by atoms with Crippen LogP contribution in [0.5, 0.6) is 23.0 Å². The maximum atomic E-state index is 13.1. The lowest BCUT2D eigenvalue weighted by Gasteiger charge is -2.21. The van der Waals surface area contributed by atoms with E-state index in [1.54, 1.807) is 26.2 Å². The number of esters is 1. The summed E-state index contributed by atoms with van der Waals surface area (Å²) in [5, 5.41) is 0. The Bertz CT molecular complexity index is 1110. The summed E-state index contributed by atoms with van der Waals surface area (Å²) in [7, 11) is 1.58. The lowest BCUT2D eigenvalue weighted by Crippen LogP contribution is -2.28. The highest BCUT2D eigenvalue weighted by Gasteiger charge is 2.25. The van der Waals surface area contributed by atoms with Crippen molar-refractivity contribution < 1.29 is 33.3 Å². The molecule has 39 heavy (non-hydrogen) atoms. The molecule has 0 radical (unpaired) electrons. The molecule has 0 aliphatic carbocycles. The summed E-state index contributed by atoms with van der Waals surface area (Å²) >= 11 is 0. The quantitative estimate of drug-likeness (QED) is 0.160. The van der Waals surface area contributed by atoms with E-state index in [4.69, 9.17) is 23.7 Å². The standard InChI is InChI=1S/C31H41NO7/c1-5-12-23-26(14-10-15-27(23)39-22-29(33)36-7-3)37-20-11-21-38-28-17-16-25(30(35-4)24(28)13-6-2)31(34)32-18-8-9-19-32/h6,10,14-17H,2,5,7-9,11-13,18-22H2,1,3-4H3. The molecule has 0 unspecified atom stereocenters. The molecular formula is C31H41NO7. The molecule has 8 nitrogen and oxygen atoms in total. The van der Waals surface area contributed by atoms with E-state index in [1.807, 2.05) is 29.2 Å². The van der Waals surface area contributed by atoms with Crippen LogP contribution in [0.2, 0.25) is 0 Å². The summed E-state index contributed by atoms with van der Waals surface area (Å²) < 4.78 is 28.6. The monoisotopic (exact) mass is 539 g/mol. The zero-order valence-electron chi connectivity index (χ0n) is 23.5. The van der Waals surface area contributed by atoms with E-state index < -0.39 is 5.97 Å². The SMILES string of the molecule is C=CCc1c(OCCCOc2cccc(OCC(=O)OCC)c2CCC)ccc(C(=O)N2CCCC2)c1OC. The molecule has 1 fully saturated rings. The Morgan fingerprint density at radius 2 is 1.62 bits per heavy atom. The molecule has 212 valence electrons. The van der Waals surface area contributed by atoms with Crippen molar-refractivity contribution in [2.45, 2.75) is 52.4 Å². The minimum Gasteiger partial charge on any atom is -0.495 e.